The van der Waals surface area contributed by atoms with E-state index < -0.39 is 11.8 Å². The standard InChI is InChI=1S/C22H24ClFN4O3S/c1-13(22(29)30-2)19(12-28-10-16-8-17(11-28)31-16)27-20(21-25-5-6-32-21)26-9-14-3-4-15(24)7-18(14)23/h3-7,16-17H,8-12H2,1-2H3,(H,26,27)/b19-13+. The highest BCUT2D eigenvalue weighted by Gasteiger charge is 2.38. The van der Waals surface area contributed by atoms with Gasteiger partial charge in [0.1, 0.15) is 5.82 Å². The summed E-state index contributed by atoms with van der Waals surface area (Å²) in [6.07, 6.45) is 3.28. The molecule has 0 saturated carbocycles. The monoisotopic (exact) mass is 478 g/mol. The number of rotatable bonds is 7. The molecule has 0 aliphatic carbocycles. The molecule has 32 heavy (non-hydrogen) atoms. The smallest absolute Gasteiger partial charge is 0.335 e. The Labute approximate surface area is 194 Å². The molecule has 3 aliphatic rings. The van der Waals surface area contributed by atoms with Crippen LogP contribution in [-0.2, 0) is 20.8 Å². The van der Waals surface area contributed by atoms with Gasteiger partial charge in [-0.3, -0.25) is 9.89 Å². The number of halogens is 2. The molecule has 4 heterocycles. The molecule has 2 aromatic rings. The molecule has 0 radical (unpaired) electrons. The first-order valence-electron chi connectivity index (χ1n) is 10.2. The highest BCUT2D eigenvalue weighted by atomic mass is 35.5. The number of ether oxygens (including phenoxy) is 2. The fourth-order valence-corrected chi connectivity index (χ4v) is 4.61. The van der Waals surface area contributed by atoms with Gasteiger partial charge >= 0.3 is 5.97 Å². The van der Waals surface area contributed by atoms with E-state index in [1.54, 1.807) is 19.2 Å². The van der Waals surface area contributed by atoms with Crippen LogP contribution in [0.2, 0.25) is 5.02 Å². The molecular weight excluding hydrogens is 455 g/mol. The second-order valence-corrected chi connectivity index (χ2v) is 9.07. The molecule has 10 heteroatoms. The maximum atomic E-state index is 13.4. The van der Waals surface area contributed by atoms with Crippen molar-refractivity contribution in [2.24, 2.45) is 4.99 Å². The molecule has 3 saturated heterocycles. The number of nitrogens with one attached hydrogen (secondary N) is 1. The van der Waals surface area contributed by atoms with Crippen LogP contribution in [0.4, 0.5) is 4.39 Å². The van der Waals surface area contributed by atoms with Crippen molar-refractivity contribution in [3.63, 3.8) is 0 Å². The summed E-state index contributed by atoms with van der Waals surface area (Å²) in [6.45, 7) is 4.11. The highest BCUT2D eigenvalue weighted by molar-refractivity contribution is 7.11. The zero-order valence-corrected chi connectivity index (χ0v) is 19.4. The van der Waals surface area contributed by atoms with Crippen molar-refractivity contribution in [2.45, 2.75) is 32.1 Å². The summed E-state index contributed by atoms with van der Waals surface area (Å²) in [5, 5.41) is 6.15. The Morgan fingerprint density at radius 1 is 1.44 bits per heavy atom. The summed E-state index contributed by atoms with van der Waals surface area (Å²) in [6, 6.07) is 4.22. The fraction of sp³-hybridized carbons (Fsp3) is 0.409. The molecule has 5 rings (SSSR count). The molecule has 1 N–H and O–H groups in total. The molecule has 2 unspecified atom stereocenters. The fourth-order valence-electron chi connectivity index (χ4n) is 3.78. The van der Waals surface area contributed by atoms with Crippen LogP contribution in [0.15, 0.2) is 46.0 Å². The van der Waals surface area contributed by atoms with Crippen LogP contribution in [0, 0.1) is 5.82 Å². The van der Waals surface area contributed by atoms with Gasteiger partial charge in [-0.2, -0.15) is 0 Å². The topological polar surface area (TPSA) is 76.0 Å². The van der Waals surface area contributed by atoms with Crippen molar-refractivity contribution in [1.82, 2.24) is 15.2 Å². The van der Waals surface area contributed by atoms with E-state index >= 15 is 0 Å². The maximum absolute atomic E-state index is 13.4. The van der Waals surface area contributed by atoms with Crippen LogP contribution in [0.1, 0.15) is 23.9 Å². The number of piperidine rings is 1. The van der Waals surface area contributed by atoms with Crippen LogP contribution in [0.25, 0.3) is 0 Å². The third-order valence-corrected chi connectivity index (χ3v) is 6.62. The zero-order chi connectivity index (χ0) is 22.7. The summed E-state index contributed by atoms with van der Waals surface area (Å²) >= 11 is 7.59. The first kappa shape index (κ1) is 22.8. The lowest BCUT2D eigenvalue weighted by Crippen LogP contribution is -2.58. The molecule has 170 valence electrons. The Morgan fingerprint density at radius 3 is 2.81 bits per heavy atom. The van der Waals surface area contributed by atoms with Gasteiger partial charge in [0.2, 0.25) is 0 Å². The largest absolute Gasteiger partial charge is 0.466 e. The minimum absolute atomic E-state index is 0.229. The van der Waals surface area contributed by atoms with Gasteiger partial charge in [0.25, 0.3) is 0 Å². The summed E-state index contributed by atoms with van der Waals surface area (Å²) in [7, 11) is 1.36. The summed E-state index contributed by atoms with van der Waals surface area (Å²) < 4.78 is 24.1. The number of fused-ring (bicyclic) bond motifs is 2. The lowest BCUT2D eigenvalue weighted by molar-refractivity contribution is -0.179. The highest BCUT2D eigenvalue weighted by Crippen LogP contribution is 2.28. The Morgan fingerprint density at radius 2 is 2.19 bits per heavy atom. The number of carbonyl (C=O) groups excluding carboxylic acids is 1. The van der Waals surface area contributed by atoms with Crippen LogP contribution in [-0.4, -0.2) is 60.6 Å². The number of thiazole rings is 1. The van der Waals surface area contributed by atoms with Gasteiger partial charge in [0.05, 0.1) is 31.4 Å². The number of esters is 1. The molecular formula is C22H24ClFN4O3S. The van der Waals surface area contributed by atoms with Crippen molar-refractivity contribution in [2.75, 3.05) is 26.7 Å². The molecule has 0 spiro atoms. The van der Waals surface area contributed by atoms with Crippen LogP contribution in [0.3, 0.4) is 0 Å². The Balaban J connectivity index is 1.60. The Bertz CT molecular complexity index is 1030. The maximum Gasteiger partial charge on any atom is 0.335 e. The van der Waals surface area contributed by atoms with Gasteiger partial charge in [0.15, 0.2) is 10.8 Å². The number of nitrogens with zero attached hydrogens (tertiary/aromatic N) is 3. The third-order valence-electron chi connectivity index (χ3n) is 5.49. The van der Waals surface area contributed by atoms with Gasteiger partial charge in [0, 0.05) is 48.4 Å². The third kappa shape index (κ3) is 5.35. The van der Waals surface area contributed by atoms with E-state index in [1.165, 1.54) is 30.6 Å². The molecule has 0 amide bonds. The number of morpholine rings is 1. The average Bonchev–Trinajstić information content (AvgIpc) is 3.30. The lowest BCUT2D eigenvalue weighted by atomic mass is 9.98. The van der Waals surface area contributed by atoms with Crippen molar-refractivity contribution >= 4 is 34.7 Å². The second kappa shape index (κ2) is 10.1. The van der Waals surface area contributed by atoms with Crippen LogP contribution < -0.4 is 5.32 Å². The number of aromatic nitrogens is 1. The summed E-state index contributed by atoms with van der Waals surface area (Å²) in [4.78, 5) is 23.6. The van der Waals surface area contributed by atoms with Crippen molar-refractivity contribution in [3.05, 3.63) is 62.5 Å². The molecule has 7 nitrogen and oxygen atoms in total. The summed E-state index contributed by atoms with van der Waals surface area (Å²) in [5.74, 6) is -0.300. The number of benzene rings is 1. The number of amidine groups is 1. The van der Waals surface area contributed by atoms with E-state index in [0.29, 0.717) is 39.2 Å². The number of hydrogen-bond donors (Lipinski definition) is 1. The minimum Gasteiger partial charge on any atom is -0.466 e. The van der Waals surface area contributed by atoms with Crippen LogP contribution in [0.5, 0.6) is 0 Å². The normalized spacial score (nSPS) is 21.6. The SMILES string of the molecule is COC(=O)/C(C)=C(\CN1CC2CC(C1)O2)N/C(=N\Cc1ccc(F)cc1Cl)c1nccs1. The van der Waals surface area contributed by atoms with E-state index in [1.807, 2.05) is 5.38 Å². The predicted octanol–water partition coefficient (Wildman–Crippen LogP) is 3.39. The lowest BCUT2D eigenvalue weighted by Gasteiger charge is -2.47. The van der Waals surface area contributed by atoms with E-state index in [-0.39, 0.29) is 18.8 Å². The molecule has 2 atom stereocenters. The molecule has 2 bridgehead atoms. The van der Waals surface area contributed by atoms with Gasteiger partial charge in [-0.15, -0.1) is 11.3 Å². The van der Waals surface area contributed by atoms with E-state index in [4.69, 9.17) is 21.1 Å². The van der Waals surface area contributed by atoms with Crippen molar-refractivity contribution in [1.29, 1.82) is 0 Å². The van der Waals surface area contributed by atoms with Gasteiger partial charge < -0.3 is 14.8 Å². The van der Waals surface area contributed by atoms with E-state index in [2.05, 4.69) is 20.2 Å². The first-order chi connectivity index (χ1) is 15.4. The minimum atomic E-state index is -0.411. The first-order valence-corrected chi connectivity index (χ1v) is 11.5. The van der Waals surface area contributed by atoms with Gasteiger partial charge in [-0.05, 0) is 24.6 Å². The number of methoxy groups -OCH3 is 1. The average molecular weight is 479 g/mol. The molecule has 1 aromatic carbocycles. The van der Waals surface area contributed by atoms with Crippen LogP contribution >= 0.6 is 22.9 Å². The Kier molecular flexibility index (Phi) is 7.20. The van der Waals surface area contributed by atoms with Gasteiger partial charge in [-0.25, -0.2) is 14.2 Å². The molecule has 3 aliphatic heterocycles. The molecule has 1 aromatic heterocycles. The second-order valence-electron chi connectivity index (χ2n) is 7.77. The van der Waals surface area contributed by atoms with E-state index in [0.717, 1.165) is 19.5 Å². The zero-order valence-electron chi connectivity index (χ0n) is 17.8. The van der Waals surface area contributed by atoms with Crippen molar-refractivity contribution < 1.29 is 18.7 Å². The van der Waals surface area contributed by atoms with Crippen molar-refractivity contribution in [3.8, 4) is 0 Å². The number of hydrogen-bond acceptors (Lipinski definition) is 7. The Hall–Kier alpha value is -2.33. The number of aliphatic imine (C=N–C) groups is 1. The number of carbonyl (C=O) groups is 1. The van der Waals surface area contributed by atoms with E-state index in [9.17, 15) is 9.18 Å². The molecule has 3 fully saturated rings. The quantitative estimate of drug-likeness (QED) is 0.284. The predicted molar refractivity (Wildman–Crippen MR) is 121 cm³/mol. The summed E-state index contributed by atoms with van der Waals surface area (Å²) in [5.41, 5.74) is 1.85. The van der Waals surface area contributed by atoms with Gasteiger partial charge in [-0.1, -0.05) is 17.7 Å².